The lowest BCUT2D eigenvalue weighted by molar-refractivity contribution is -0.121. The van der Waals surface area contributed by atoms with Gasteiger partial charge in [0, 0.05) is 19.0 Å². The van der Waals surface area contributed by atoms with Crippen LogP contribution in [0.4, 0.5) is 0 Å². The van der Waals surface area contributed by atoms with Gasteiger partial charge < -0.3 is 10.4 Å². The number of aromatic carboxylic acids is 1. The lowest BCUT2D eigenvalue weighted by Gasteiger charge is -2.04. The maximum absolute atomic E-state index is 11.6. The van der Waals surface area contributed by atoms with Crippen molar-refractivity contribution in [3.63, 3.8) is 0 Å². The summed E-state index contributed by atoms with van der Waals surface area (Å²) in [6.45, 7) is 0.539. The van der Waals surface area contributed by atoms with Crippen LogP contribution in [-0.4, -0.2) is 38.0 Å². The zero-order valence-electron chi connectivity index (χ0n) is 11.5. The summed E-state index contributed by atoms with van der Waals surface area (Å²) < 4.78 is 1.65. The third-order valence-corrected chi connectivity index (χ3v) is 3.48. The second-order valence-corrected chi connectivity index (χ2v) is 5.27. The lowest BCUT2D eigenvalue weighted by Crippen LogP contribution is -2.25. The van der Waals surface area contributed by atoms with Gasteiger partial charge in [-0.05, 0) is 37.5 Å². The van der Waals surface area contributed by atoms with Crippen LogP contribution in [0.15, 0.2) is 18.2 Å². The highest BCUT2D eigenvalue weighted by molar-refractivity contribution is 5.92. The number of carboxylic acids is 1. The van der Waals surface area contributed by atoms with Gasteiger partial charge >= 0.3 is 5.97 Å². The van der Waals surface area contributed by atoms with Crippen LogP contribution >= 0.6 is 0 Å². The molecule has 0 radical (unpaired) electrons. The molecule has 110 valence electrons. The fourth-order valence-corrected chi connectivity index (χ4v) is 2.18. The Hall–Kier alpha value is -2.44. The summed E-state index contributed by atoms with van der Waals surface area (Å²) in [6, 6.07) is 5.08. The van der Waals surface area contributed by atoms with Crippen molar-refractivity contribution in [3.8, 4) is 0 Å². The number of aryl methyl sites for hydroxylation is 1. The van der Waals surface area contributed by atoms with E-state index in [4.69, 9.17) is 5.11 Å². The summed E-state index contributed by atoms with van der Waals surface area (Å²) in [7, 11) is 0. The normalized spacial score (nSPS) is 14.3. The van der Waals surface area contributed by atoms with Gasteiger partial charge in [0.15, 0.2) is 0 Å². The highest BCUT2D eigenvalue weighted by Crippen LogP contribution is 2.19. The Balaban J connectivity index is 1.64. The first kappa shape index (κ1) is 13.5. The van der Waals surface area contributed by atoms with E-state index in [-0.39, 0.29) is 11.5 Å². The average molecular weight is 288 g/mol. The Morgan fingerprint density at radius 2 is 2.19 bits per heavy atom. The van der Waals surface area contributed by atoms with Gasteiger partial charge in [-0.1, -0.05) is 5.21 Å². The largest absolute Gasteiger partial charge is 0.478 e. The number of nitrogens with one attached hydrogen (secondary N) is 1. The second-order valence-electron chi connectivity index (χ2n) is 5.27. The topological polar surface area (TPSA) is 97.1 Å². The van der Waals surface area contributed by atoms with Crippen LogP contribution in [0.1, 0.15) is 36.0 Å². The summed E-state index contributed by atoms with van der Waals surface area (Å²) in [5.74, 6) is -0.915. The summed E-state index contributed by atoms with van der Waals surface area (Å²) in [4.78, 5) is 22.6. The minimum Gasteiger partial charge on any atom is -0.478 e. The smallest absolute Gasteiger partial charge is 0.335 e. The van der Waals surface area contributed by atoms with Gasteiger partial charge in [0.1, 0.15) is 5.52 Å². The number of carbonyl (C=O) groups is 2. The number of carboxylic acid groups (broad SMARTS) is 1. The Morgan fingerprint density at radius 1 is 1.38 bits per heavy atom. The van der Waals surface area contributed by atoms with Gasteiger partial charge in [-0.25, -0.2) is 9.48 Å². The number of hydrogen-bond acceptors (Lipinski definition) is 4. The number of nitrogens with zero attached hydrogens (tertiary/aromatic N) is 3. The minimum atomic E-state index is -0.978. The molecule has 21 heavy (non-hydrogen) atoms. The van der Waals surface area contributed by atoms with E-state index in [0.29, 0.717) is 36.5 Å². The van der Waals surface area contributed by atoms with Crippen LogP contribution < -0.4 is 5.32 Å². The van der Waals surface area contributed by atoms with Crippen LogP contribution in [0, 0.1) is 0 Å². The van der Waals surface area contributed by atoms with E-state index in [2.05, 4.69) is 15.6 Å². The van der Waals surface area contributed by atoms with Crippen LogP contribution in [0.25, 0.3) is 11.0 Å². The second kappa shape index (κ2) is 5.51. The molecule has 0 aliphatic heterocycles. The van der Waals surface area contributed by atoms with Crippen molar-refractivity contribution in [2.75, 3.05) is 0 Å². The van der Waals surface area contributed by atoms with E-state index in [0.717, 1.165) is 12.8 Å². The molecule has 1 heterocycles. The standard InChI is InChI=1S/C14H16N4O3/c19-13(15-10-4-5-10)2-1-7-18-12-8-9(14(20)21)3-6-11(12)16-17-18/h3,6,8,10H,1-2,4-5,7H2,(H,15,19)(H,20,21). The van der Waals surface area contributed by atoms with Gasteiger partial charge in [0.05, 0.1) is 11.1 Å². The molecule has 0 saturated heterocycles. The molecular weight excluding hydrogens is 272 g/mol. The van der Waals surface area contributed by atoms with Crippen LogP contribution in [0.3, 0.4) is 0 Å². The van der Waals surface area contributed by atoms with Crippen LogP contribution in [0.5, 0.6) is 0 Å². The predicted octanol–water partition coefficient (Wildman–Crippen LogP) is 1.19. The molecule has 1 amide bonds. The Morgan fingerprint density at radius 3 is 2.90 bits per heavy atom. The van der Waals surface area contributed by atoms with Crippen molar-refractivity contribution < 1.29 is 14.7 Å². The SMILES string of the molecule is O=C(CCCn1nnc2ccc(C(=O)O)cc21)NC1CC1. The lowest BCUT2D eigenvalue weighted by atomic mass is 10.2. The molecule has 7 nitrogen and oxygen atoms in total. The Labute approximate surface area is 120 Å². The van der Waals surface area contributed by atoms with E-state index in [1.54, 1.807) is 16.8 Å². The highest BCUT2D eigenvalue weighted by Gasteiger charge is 2.22. The zero-order chi connectivity index (χ0) is 14.8. The molecule has 1 aromatic carbocycles. The molecule has 0 spiro atoms. The maximum Gasteiger partial charge on any atom is 0.335 e. The van der Waals surface area contributed by atoms with Crippen molar-refractivity contribution in [3.05, 3.63) is 23.8 Å². The van der Waals surface area contributed by atoms with Crippen molar-refractivity contribution in [1.29, 1.82) is 0 Å². The van der Waals surface area contributed by atoms with E-state index in [9.17, 15) is 9.59 Å². The van der Waals surface area contributed by atoms with Crippen LogP contribution in [-0.2, 0) is 11.3 Å². The molecule has 7 heteroatoms. The van der Waals surface area contributed by atoms with Crippen molar-refractivity contribution >= 4 is 22.9 Å². The van der Waals surface area contributed by atoms with E-state index < -0.39 is 5.97 Å². The highest BCUT2D eigenvalue weighted by atomic mass is 16.4. The molecule has 1 fully saturated rings. The number of carbonyl (C=O) groups excluding carboxylic acids is 1. The Bertz CT molecular complexity index is 691. The van der Waals surface area contributed by atoms with Gasteiger partial charge in [-0.2, -0.15) is 0 Å². The molecule has 1 saturated carbocycles. The van der Waals surface area contributed by atoms with Gasteiger partial charge in [-0.3, -0.25) is 4.79 Å². The first-order chi connectivity index (χ1) is 10.1. The quantitative estimate of drug-likeness (QED) is 0.832. The average Bonchev–Trinajstić information content (AvgIpc) is 3.17. The molecule has 2 N–H and O–H groups in total. The summed E-state index contributed by atoms with van der Waals surface area (Å²) in [5.41, 5.74) is 1.54. The molecule has 1 aliphatic carbocycles. The number of hydrogen-bond donors (Lipinski definition) is 2. The summed E-state index contributed by atoms with van der Waals surface area (Å²) >= 11 is 0. The molecule has 3 rings (SSSR count). The summed E-state index contributed by atoms with van der Waals surface area (Å²) in [5, 5.41) is 19.9. The monoisotopic (exact) mass is 288 g/mol. The third kappa shape index (κ3) is 3.18. The fraction of sp³-hybridized carbons (Fsp3) is 0.429. The van der Waals surface area contributed by atoms with E-state index in [1.807, 2.05) is 0 Å². The van der Waals surface area contributed by atoms with Crippen molar-refractivity contribution in [2.24, 2.45) is 0 Å². The van der Waals surface area contributed by atoms with Crippen molar-refractivity contribution in [1.82, 2.24) is 20.3 Å². The number of fused-ring (bicyclic) bond motifs is 1. The van der Waals surface area contributed by atoms with E-state index >= 15 is 0 Å². The molecule has 2 aromatic rings. The van der Waals surface area contributed by atoms with E-state index in [1.165, 1.54) is 6.07 Å². The van der Waals surface area contributed by atoms with Gasteiger partial charge in [-0.15, -0.1) is 5.10 Å². The fourth-order valence-electron chi connectivity index (χ4n) is 2.18. The molecule has 1 aliphatic rings. The number of aromatic nitrogens is 3. The summed E-state index contributed by atoms with van der Waals surface area (Å²) in [6.07, 6.45) is 3.25. The maximum atomic E-state index is 11.6. The zero-order valence-corrected chi connectivity index (χ0v) is 11.5. The molecular formula is C14H16N4O3. The minimum absolute atomic E-state index is 0.0631. The predicted molar refractivity (Wildman–Crippen MR) is 74.9 cm³/mol. The number of rotatable bonds is 6. The molecule has 0 unspecified atom stereocenters. The Kier molecular flexibility index (Phi) is 3.55. The first-order valence-electron chi connectivity index (χ1n) is 6.99. The first-order valence-corrected chi connectivity index (χ1v) is 6.99. The third-order valence-electron chi connectivity index (χ3n) is 3.48. The molecule has 1 aromatic heterocycles. The molecule has 0 atom stereocenters. The van der Waals surface area contributed by atoms with Gasteiger partial charge in [0.25, 0.3) is 0 Å². The number of benzene rings is 1. The molecule has 0 bridgehead atoms. The van der Waals surface area contributed by atoms with Crippen molar-refractivity contribution in [2.45, 2.75) is 38.3 Å². The number of amides is 1. The van der Waals surface area contributed by atoms with Gasteiger partial charge in [0.2, 0.25) is 5.91 Å². The van der Waals surface area contributed by atoms with Crippen LogP contribution in [0.2, 0.25) is 0 Å².